The number of carbonyl (C=O) groups excluding carboxylic acids is 1. The molecule has 28 heavy (non-hydrogen) atoms. The van der Waals surface area contributed by atoms with Crippen LogP contribution in [0.4, 0.5) is 0 Å². The fourth-order valence-electron chi connectivity index (χ4n) is 5.02. The van der Waals surface area contributed by atoms with E-state index >= 15 is 0 Å². The highest BCUT2D eigenvalue weighted by molar-refractivity contribution is 5.84. The molecule has 1 saturated carbocycles. The molecule has 2 fully saturated rings. The maximum absolute atomic E-state index is 12.4. The van der Waals surface area contributed by atoms with Gasteiger partial charge in [-0.05, 0) is 48.8 Å². The summed E-state index contributed by atoms with van der Waals surface area (Å²) in [6.45, 7) is 6.40. The molecule has 0 radical (unpaired) electrons. The van der Waals surface area contributed by atoms with Gasteiger partial charge >= 0.3 is 5.97 Å². The van der Waals surface area contributed by atoms with E-state index in [4.69, 9.17) is 10.5 Å². The van der Waals surface area contributed by atoms with Crippen molar-refractivity contribution in [3.63, 3.8) is 0 Å². The van der Waals surface area contributed by atoms with E-state index in [0.717, 1.165) is 16.8 Å². The molecule has 0 spiro atoms. The zero-order valence-corrected chi connectivity index (χ0v) is 16.7. The second-order valence-corrected chi connectivity index (χ2v) is 8.49. The van der Waals surface area contributed by atoms with Gasteiger partial charge in [0.2, 0.25) is 0 Å². The molecule has 2 heterocycles. The molecule has 4 heteroatoms. The number of cyclic esters (lactones) is 1. The minimum atomic E-state index is -0.870. The minimum Gasteiger partial charge on any atom is -0.461 e. The van der Waals surface area contributed by atoms with Gasteiger partial charge in [0.1, 0.15) is 11.6 Å². The van der Waals surface area contributed by atoms with Crippen LogP contribution in [0.5, 0.6) is 0 Å². The van der Waals surface area contributed by atoms with E-state index in [9.17, 15) is 4.79 Å². The highest BCUT2D eigenvalue weighted by Gasteiger charge is 2.60. The van der Waals surface area contributed by atoms with Crippen molar-refractivity contribution in [2.24, 2.45) is 29.4 Å². The number of fused-ring (bicyclic) bond motifs is 1. The van der Waals surface area contributed by atoms with Gasteiger partial charge in [-0.25, -0.2) is 0 Å². The fourth-order valence-corrected chi connectivity index (χ4v) is 5.02. The lowest BCUT2D eigenvalue weighted by molar-refractivity contribution is -0.145. The predicted octanol–water partition coefficient (Wildman–Crippen LogP) is 4.31. The Morgan fingerprint density at radius 2 is 1.86 bits per heavy atom. The van der Waals surface area contributed by atoms with Crippen LogP contribution in [0, 0.1) is 23.7 Å². The van der Waals surface area contributed by atoms with E-state index in [-0.39, 0.29) is 23.9 Å². The molecule has 4 rings (SSSR count). The average molecular weight is 377 g/mol. The summed E-state index contributed by atoms with van der Waals surface area (Å²) >= 11 is 0. The van der Waals surface area contributed by atoms with E-state index in [1.165, 1.54) is 0 Å². The summed E-state index contributed by atoms with van der Waals surface area (Å²) in [7, 11) is 0. The summed E-state index contributed by atoms with van der Waals surface area (Å²) < 4.78 is 5.54. The zero-order valence-electron chi connectivity index (χ0n) is 16.7. The Hall–Kier alpha value is -2.46. The van der Waals surface area contributed by atoms with Gasteiger partial charge < -0.3 is 10.5 Å². The van der Waals surface area contributed by atoms with Crippen LogP contribution < -0.4 is 5.73 Å². The van der Waals surface area contributed by atoms with Crippen molar-refractivity contribution in [2.75, 3.05) is 0 Å². The summed E-state index contributed by atoms with van der Waals surface area (Å²) in [6.07, 6.45) is 6.69. The van der Waals surface area contributed by atoms with Crippen LogP contribution in [0.15, 0.2) is 54.7 Å². The molecule has 1 saturated heterocycles. The van der Waals surface area contributed by atoms with Gasteiger partial charge in [-0.2, -0.15) is 0 Å². The number of ether oxygens (including phenoxy) is 1. The highest BCUT2D eigenvalue weighted by atomic mass is 16.6. The summed E-state index contributed by atoms with van der Waals surface area (Å²) in [4.78, 5) is 17.0. The smallest absolute Gasteiger partial charge is 0.326 e. The SMILES string of the molecule is CC1OC(=O)C2(N)C[C@H](C)C(C)C(/C=C/c3ccc(-c4ccccc4)cn3)C12. The number of nitrogens with two attached hydrogens (primary N) is 1. The number of aromatic nitrogens is 1. The first-order chi connectivity index (χ1) is 13.4. The summed E-state index contributed by atoms with van der Waals surface area (Å²) in [5, 5.41) is 0. The molecule has 146 valence electrons. The molecular weight excluding hydrogens is 348 g/mol. The van der Waals surface area contributed by atoms with Gasteiger partial charge in [-0.1, -0.05) is 56.3 Å². The second kappa shape index (κ2) is 7.17. The second-order valence-electron chi connectivity index (χ2n) is 8.49. The monoisotopic (exact) mass is 376 g/mol. The summed E-state index contributed by atoms with van der Waals surface area (Å²) in [5.74, 6) is 0.741. The molecule has 1 aliphatic heterocycles. The highest BCUT2D eigenvalue weighted by Crippen LogP contribution is 2.50. The Kier molecular flexibility index (Phi) is 4.84. The molecule has 2 aromatic rings. The number of rotatable bonds is 3. The third-order valence-corrected chi connectivity index (χ3v) is 6.74. The number of allylic oxidation sites excluding steroid dienone is 1. The Morgan fingerprint density at radius 3 is 2.54 bits per heavy atom. The van der Waals surface area contributed by atoms with Crippen molar-refractivity contribution < 1.29 is 9.53 Å². The molecule has 1 aliphatic carbocycles. The maximum Gasteiger partial charge on any atom is 0.326 e. The molecular formula is C24H28N2O2. The standard InChI is InChI=1S/C24H28N2O2/c1-15-13-24(25)22(17(3)28-23(24)27)21(16(15)2)12-11-20-10-9-19(14-26-20)18-7-5-4-6-8-18/h4-12,14-17,21-22H,13,25H2,1-3H3/b12-11+/t15-,16?,17?,21?,22?,24?/m0/s1. The lowest BCUT2D eigenvalue weighted by Crippen LogP contribution is -2.58. The first kappa shape index (κ1) is 18.9. The van der Waals surface area contributed by atoms with Crippen molar-refractivity contribution in [3.05, 3.63) is 60.4 Å². The minimum absolute atomic E-state index is 0.00559. The van der Waals surface area contributed by atoms with E-state index in [2.05, 4.69) is 49.2 Å². The molecule has 1 aromatic heterocycles. The Morgan fingerprint density at radius 1 is 1.11 bits per heavy atom. The molecule has 2 aliphatic rings. The van der Waals surface area contributed by atoms with Gasteiger partial charge in [0, 0.05) is 17.7 Å². The third-order valence-electron chi connectivity index (χ3n) is 6.74. The van der Waals surface area contributed by atoms with Gasteiger partial charge in [-0.15, -0.1) is 0 Å². The summed E-state index contributed by atoms with van der Waals surface area (Å²) in [5.41, 5.74) is 8.86. The van der Waals surface area contributed by atoms with Crippen molar-refractivity contribution in [1.82, 2.24) is 4.98 Å². The molecule has 4 nitrogen and oxygen atoms in total. The van der Waals surface area contributed by atoms with Gasteiger partial charge in [-0.3, -0.25) is 9.78 Å². The van der Waals surface area contributed by atoms with Crippen molar-refractivity contribution in [3.8, 4) is 11.1 Å². The number of pyridine rings is 1. The third kappa shape index (κ3) is 3.16. The van der Waals surface area contributed by atoms with Crippen LogP contribution in [-0.4, -0.2) is 22.6 Å². The summed E-state index contributed by atoms with van der Waals surface area (Å²) in [6, 6.07) is 14.3. The van der Waals surface area contributed by atoms with E-state index in [0.29, 0.717) is 18.3 Å². The normalized spacial score (nSPS) is 35.0. The molecule has 2 N–H and O–H groups in total. The maximum atomic E-state index is 12.4. The first-order valence-corrected chi connectivity index (χ1v) is 10.1. The Balaban J connectivity index is 1.58. The van der Waals surface area contributed by atoms with E-state index in [1.807, 2.05) is 37.4 Å². The zero-order chi connectivity index (χ0) is 19.9. The van der Waals surface area contributed by atoms with E-state index in [1.54, 1.807) is 0 Å². The largest absolute Gasteiger partial charge is 0.461 e. The van der Waals surface area contributed by atoms with Crippen LogP contribution in [0.3, 0.4) is 0 Å². The first-order valence-electron chi connectivity index (χ1n) is 10.1. The molecule has 5 unspecified atom stereocenters. The van der Waals surface area contributed by atoms with Gasteiger partial charge in [0.25, 0.3) is 0 Å². The van der Waals surface area contributed by atoms with Gasteiger partial charge in [0.05, 0.1) is 5.69 Å². The average Bonchev–Trinajstić information content (AvgIpc) is 2.92. The number of hydrogen-bond donors (Lipinski definition) is 1. The van der Waals surface area contributed by atoms with Crippen molar-refractivity contribution in [2.45, 2.75) is 38.8 Å². The predicted molar refractivity (Wildman–Crippen MR) is 111 cm³/mol. The fraction of sp³-hybridized carbons (Fsp3) is 0.417. The number of esters is 1. The molecule has 0 amide bonds. The topological polar surface area (TPSA) is 65.2 Å². The number of hydrogen-bond acceptors (Lipinski definition) is 4. The number of benzene rings is 1. The molecule has 6 atom stereocenters. The Labute approximate surface area is 166 Å². The lowest BCUT2D eigenvalue weighted by Gasteiger charge is -2.45. The molecule has 0 bridgehead atoms. The van der Waals surface area contributed by atoms with Crippen LogP contribution >= 0.6 is 0 Å². The van der Waals surface area contributed by atoms with Crippen LogP contribution in [0.25, 0.3) is 17.2 Å². The number of nitrogens with zero attached hydrogens (tertiary/aromatic N) is 1. The van der Waals surface area contributed by atoms with Crippen LogP contribution in [0.1, 0.15) is 32.9 Å². The van der Waals surface area contributed by atoms with Crippen molar-refractivity contribution in [1.29, 1.82) is 0 Å². The lowest BCUT2D eigenvalue weighted by atomic mass is 9.59. The number of carbonyl (C=O) groups is 1. The van der Waals surface area contributed by atoms with Gasteiger partial charge in [0.15, 0.2) is 0 Å². The van der Waals surface area contributed by atoms with E-state index < -0.39 is 5.54 Å². The van der Waals surface area contributed by atoms with Crippen LogP contribution in [-0.2, 0) is 9.53 Å². The van der Waals surface area contributed by atoms with Crippen molar-refractivity contribution >= 4 is 12.0 Å². The Bertz CT molecular complexity index is 877. The van der Waals surface area contributed by atoms with Crippen LogP contribution in [0.2, 0.25) is 0 Å². The molecule has 1 aromatic carbocycles. The quantitative estimate of drug-likeness (QED) is 0.811.